The quantitative estimate of drug-likeness (QED) is 0.518. The van der Waals surface area contributed by atoms with Crippen molar-refractivity contribution in [1.82, 2.24) is 10.2 Å². The molecule has 0 spiro atoms. The highest BCUT2D eigenvalue weighted by Crippen LogP contribution is 2.31. The van der Waals surface area contributed by atoms with Crippen LogP contribution in [0.15, 0.2) is 54.6 Å². The Hall–Kier alpha value is -3.13. The maximum Gasteiger partial charge on any atom is 0.270 e. The topological polar surface area (TPSA) is 98.0 Å². The summed E-state index contributed by atoms with van der Waals surface area (Å²) in [4.78, 5) is 22.6. The number of hydrogen-bond donors (Lipinski definition) is 1. The third-order valence-electron chi connectivity index (χ3n) is 3.89. The summed E-state index contributed by atoms with van der Waals surface area (Å²) in [7, 11) is 0. The van der Waals surface area contributed by atoms with Crippen LogP contribution in [-0.4, -0.2) is 21.0 Å². The molecule has 0 radical (unpaired) electrons. The second kappa shape index (κ2) is 7.83. The van der Waals surface area contributed by atoms with E-state index in [0.717, 1.165) is 17.0 Å². The molecule has 0 aliphatic heterocycles. The summed E-state index contributed by atoms with van der Waals surface area (Å²) in [5.41, 5.74) is 1.21. The number of non-ortho nitro benzene ring substituents is 1. The molecule has 0 unspecified atom stereocenters. The van der Waals surface area contributed by atoms with Crippen LogP contribution >= 0.6 is 11.3 Å². The first-order chi connectivity index (χ1) is 12.6. The van der Waals surface area contributed by atoms with E-state index in [1.165, 1.54) is 35.6 Å². The highest BCUT2D eigenvalue weighted by molar-refractivity contribution is 7.15. The molecule has 0 bridgehead atoms. The summed E-state index contributed by atoms with van der Waals surface area (Å²) in [5, 5.41) is 22.9. The van der Waals surface area contributed by atoms with Gasteiger partial charge in [-0.3, -0.25) is 20.2 Å². The molecule has 0 aliphatic carbocycles. The maximum atomic E-state index is 12.3. The Balaban J connectivity index is 1.77. The van der Waals surface area contributed by atoms with Gasteiger partial charge >= 0.3 is 0 Å². The molecule has 3 aromatic rings. The first-order valence-electron chi connectivity index (χ1n) is 8.02. The van der Waals surface area contributed by atoms with Crippen molar-refractivity contribution in [3.63, 3.8) is 0 Å². The summed E-state index contributed by atoms with van der Waals surface area (Å²) in [6, 6.07) is 15.6. The van der Waals surface area contributed by atoms with Crippen molar-refractivity contribution in [2.24, 2.45) is 0 Å². The second-order valence-electron chi connectivity index (χ2n) is 5.58. The number of nitro benzene ring substituents is 1. The van der Waals surface area contributed by atoms with E-state index in [2.05, 4.69) is 22.4 Å². The molecule has 0 aliphatic rings. The van der Waals surface area contributed by atoms with Gasteiger partial charge in [0.15, 0.2) is 0 Å². The smallest absolute Gasteiger partial charge is 0.270 e. The molecular formula is C18H16N4O3S. The van der Waals surface area contributed by atoms with Gasteiger partial charge in [0, 0.05) is 23.6 Å². The zero-order valence-electron chi connectivity index (χ0n) is 14.0. The Kier molecular flexibility index (Phi) is 5.33. The largest absolute Gasteiger partial charge is 0.296 e. The van der Waals surface area contributed by atoms with Crippen molar-refractivity contribution >= 4 is 28.1 Å². The Labute approximate surface area is 153 Å². The molecule has 0 saturated carbocycles. The number of nitro groups is 1. The van der Waals surface area contributed by atoms with Crippen LogP contribution in [0.25, 0.3) is 0 Å². The van der Waals surface area contributed by atoms with Gasteiger partial charge in [0.2, 0.25) is 5.13 Å². The number of anilines is 1. The summed E-state index contributed by atoms with van der Waals surface area (Å²) >= 11 is 1.31. The lowest BCUT2D eigenvalue weighted by molar-refractivity contribution is -0.384. The molecule has 0 saturated heterocycles. The zero-order valence-corrected chi connectivity index (χ0v) is 14.8. The van der Waals surface area contributed by atoms with Crippen LogP contribution in [-0.2, 0) is 0 Å². The Morgan fingerprint density at radius 3 is 2.65 bits per heavy atom. The van der Waals surface area contributed by atoms with Crippen molar-refractivity contribution in [3.05, 3.63) is 80.8 Å². The first kappa shape index (κ1) is 17.7. The average Bonchev–Trinajstić information content (AvgIpc) is 3.11. The SMILES string of the molecule is CC[C@H](c1ccccc1)c1nnc(NC(=O)c2cccc([N+](=O)[O-])c2)s1. The van der Waals surface area contributed by atoms with Gasteiger partial charge in [-0.05, 0) is 18.1 Å². The van der Waals surface area contributed by atoms with Gasteiger partial charge in [-0.1, -0.05) is 54.7 Å². The third-order valence-corrected chi connectivity index (χ3v) is 4.84. The van der Waals surface area contributed by atoms with Crippen LogP contribution in [0.2, 0.25) is 0 Å². The molecule has 2 aromatic carbocycles. The fraction of sp³-hybridized carbons (Fsp3) is 0.167. The standard InChI is InChI=1S/C18H16N4O3S/c1-2-15(12-7-4-3-5-8-12)17-20-21-18(26-17)19-16(23)13-9-6-10-14(11-13)22(24)25/h3-11,15H,2H2,1H3,(H,19,21,23)/t15-/m1/s1. The van der Waals surface area contributed by atoms with E-state index in [9.17, 15) is 14.9 Å². The van der Waals surface area contributed by atoms with Crippen molar-refractivity contribution in [2.75, 3.05) is 5.32 Å². The Morgan fingerprint density at radius 2 is 1.96 bits per heavy atom. The predicted octanol–water partition coefficient (Wildman–Crippen LogP) is 4.24. The molecule has 1 N–H and O–H groups in total. The molecule has 0 fully saturated rings. The predicted molar refractivity (Wildman–Crippen MR) is 99.5 cm³/mol. The van der Waals surface area contributed by atoms with Gasteiger partial charge in [0.1, 0.15) is 5.01 Å². The van der Waals surface area contributed by atoms with Crippen LogP contribution in [0, 0.1) is 10.1 Å². The lowest BCUT2D eigenvalue weighted by atomic mass is 9.97. The number of nitrogens with one attached hydrogen (secondary N) is 1. The van der Waals surface area contributed by atoms with Crippen LogP contribution in [0.1, 0.15) is 40.2 Å². The minimum Gasteiger partial charge on any atom is -0.296 e. The lowest BCUT2D eigenvalue weighted by Gasteiger charge is -2.10. The number of aromatic nitrogens is 2. The highest BCUT2D eigenvalue weighted by atomic mass is 32.1. The fourth-order valence-electron chi connectivity index (χ4n) is 2.59. The van der Waals surface area contributed by atoms with Crippen LogP contribution in [0.4, 0.5) is 10.8 Å². The monoisotopic (exact) mass is 368 g/mol. The number of rotatable bonds is 6. The van der Waals surface area contributed by atoms with Gasteiger partial charge in [-0.25, -0.2) is 0 Å². The molecule has 1 amide bonds. The third kappa shape index (κ3) is 3.92. The van der Waals surface area contributed by atoms with Gasteiger partial charge in [0.05, 0.1) is 4.92 Å². The van der Waals surface area contributed by atoms with E-state index in [4.69, 9.17) is 0 Å². The molecule has 1 aromatic heterocycles. The number of carbonyl (C=O) groups excluding carboxylic acids is 1. The highest BCUT2D eigenvalue weighted by Gasteiger charge is 2.19. The summed E-state index contributed by atoms with van der Waals surface area (Å²) in [6.07, 6.45) is 0.859. The fourth-order valence-corrected chi connectivity index (χ4v) is 3.54. The van der Waals surface area contributed by atoms with E-state index < -0.39 is 10.8 Å². The van der Waals surface area contributed by atoms with E-state index in [1.807, 2.05) is 30.3 Å². The van der Waals surface area contributed by atoms with Gasteiger partial charge in [-0.2, -0.15) is 0 Å². The summed E-state index contributed by atoms with van der Waals surface area (Å²) in [6.45, 7) is 2.07. The van der Waals surface area contributed by atoms with Gasteiger partial charge < -0.3 is 0 Å². The van der Waals surface area contributed by atoms with Crippen molar-refractivity contribution in [2.45, 2.75) is 19.3 Å². The van der Waals surface area contributed by atoms with Crippen LogP contribution < -0.4 is 5.32 Å². The number of nitrogens with zero attached hydrogens (tertiary/aromatic N) is 3. The molecular weight excluding hydrogens is 352 g/mol. The van der Waals surface area contributed by atoms with E-state index >= 15 is 0 Å². The molecule has 7 nitrogen and oxygen atoms in total. The molecule has 26 heavy (non-hydrogen) atoms. The van der Waals surface area contributed by atoms with Gasteiger partial charge in [0.25, 0.3) is 11.6 Å². The summed E-state index contributed by atoms with van der Waals surface area (Å²) in [5.74, 6) is -0.346. The first-order valence-corrected chi connectivity index (χ1v) is 8.84. The minimum absolute atomic E-state index is 0.108. The Morgan fingerprint density at radius 1 is 1.19 bits per heavy atom. The second-order valence-corrected chi connectivity index (χ2v) is 6.59. The Bertz CT molecular complexity index is 927. The van der Waals surface area contributed by atoms with Crippen LogP contribution in [0.5, 0.6) is 0 Å². The number of amides is 1. The molecule has 132 valence electrons. The van der Waals surface area contributed by atoms with E-state index in [-0.39, 0.29) is 17.2 Å². The number of carbonyl (C=O) groups is 1. The van der Waals surface area contributed by atoms with Gasteiger partial charge in [-0.15, -0.1) is 10.2 Å². The number of hydrogen-bond acceptors (Lipinski definition) is 6. The van der Waals surface area contributed by atoms with Crippen molar-refractivity contribution < 1.29 is 9.72 Å². The molecule has 8 heteroatoms. The molecule has 1 heterocycles. The van der Waals surface area contributed by atoms with Crippen molar-refractivity contribution in [1.29, 1.82) is 0 Å². The average molecular weight is 368 g/mol. The van der Waals surface area contributed by atoms with E-state index in [1.54, 1.807) is 0 Å². The number of benzene rings is 2. The summed E-state index contributed by atoms with van der Waals surface area (Å²) < 4.78 is 0. The van der Waals surface area contributed by atoms with Crippen molar-refractivity contribution in [3.8, 4) is 0 Å². The maximum absolute atomic E-state index is 12.3. The minimum atomic E-state index is -0.536. The normalized spacial score (nSPS) is 11.7. The molecule has 3 rings (SSSR count). The molecule has 1 atom stereocenters. The van der Waals surface area contributed by atoms with Crippen LogP contribution in [0.3, 0.4) is 0 Å². The lowest BCUT2D eigenvalue weighted by Crippen LogP contribution is -2.11. The zero-order chi connectivity index (χ0) is 18.5. The van der Waals surface area contributed by atoms with E-state index in [0.29, 0.717) is 5.13 Å².